The number of carbonyl (C=O) groups is 1. The molecule has 4 aromatic rings. The van der Waals surface area contributed by atoms with E-state index >= 15 is 0 Å². The molecular weight excluding hydrogens is 384 g/mol. The molecule has 30 heavy (non-hydrogen) atoms. The standard InChI is InChI=1S/C22H20N4O4/c1-28-18-10-14(11-19(29-2)21(18)30-3)22(27)25-15-8-9-20(23-12-15)26-13-24-16-6-4-5-7-17(16)26/h4-13H,1-3H3,(H,25,27). The van der Waals surface area contributed by atoms with Gasteiger partial charge in [-0.2, -0.15) is 0 Å². The Hall–Kier alpha value is -4.07. The monoisotopic (exact) mass is 404 g/mol. The molecule has 0 aliphatic carbocycles. The maximum absolute atomic E-state index is 12.7. The van der Waals surface area contributed by atoms with E-state index in [9.17, 15) is 4.79 Å². The van der Waals surface area contributed by atoms with Gasteiger partial charge in [-0.25, -0.2) is 9.97 Å². The number of carbonyl (C=O) groups excluding carboxylic acids is 1. The number of anilines is 1. The van der Waals surface area contributed by atoms with Gasteiger partial charge >= 0.3 is 0 Å². The van der Waals surface area contributed by atoms with E-state index in [1.54, 1.807) is 30.7 Å². The first kappa shape index (κ1) is 19.3. The minimum absolute atomic E-state index is 0.322. The highest BCUT2D eigenvalue weighted by Crippen LogP contribution is 2.38. The van der Waals surface area contributed by atoms with Crippen molar-refractivity contribution in [2.24, 2.45) is 0 Å². The van der Waals surface area contributed by atoms with E-state index in [4.69, 9.17) is 14.2 Å². The van der Waals surface area contributed by atoms with Crippen LogP contribution in [0.1, 0.15) is 10.4 Å². The van der Waals surface area contributed by atoms with Gasteiger partial charge in [-0.1, -0.05) is 12.1 Å². The van der Waals surface area contributed by atoms with Gasteiger partial charge in [0.1, 0.15) is 12.1 Å². The first-order chi connectivity index (χ1) is 14.6. The summed E-state index contributed by atoms with van der Waals surface area (Å²) in [6.07, 6.45) is 3.32. The second kappa shape index (κ2) is 8.12. The molecule has 8 heteroatoms. The number of nitrogens with one attached hydrogen (secondary N) is 1. The van der Waals surface area contributed by atoms with Crippen LogP contribution >= 0.6 is 0 Å². The van der Waals surface area contributed by atoms with E-state index in [1.807, 2.05) is 34.9 Å². The van der Waals surface area contributed by atoms with Crippen LogP contribution in [0.15, 0.2) is 61.1 Å². The number of nitrogens with zero attached hydrogens (tertiary/aromatic N) is 3. The van der Waals surface area contributed by atoms with Gasteiger partial charge < -0.3 is 19.5 Å². The molecule has 8 nitrogen and oxygen atoms in total. The number of hydrogen-bond donors (Lipinski definition) is 1. The van der Waals surface area contributed by atoms with Gasteiger partial charge in [-0.3, -0.25) is 9.36 Å². The number of imidazole rings is 1. The SMILES string of the molecule is COc1cc(C(=O)Nc2ccc(-n3cnc4ccccc43)nc2)cc(OC)c1OC. The summed E-state index contributed by atoms with van der Waals surface area (Å²) in [5.74, 6) is 1.62. The van der Waals surface area contributed by atoms with E-state index in [2.05, 4.69) is 15.3 Å². The van der Waals surface area contributed by atoms with Crippen LogP contribution < -0.4 is 19.5 Å². The van der Waals surface area contributed by atoms with Gasteiger partial charge in [0, 0.05) is 5.56 Å². The van der Waals surface area contributed by atoms with Crippen molar-refractivity contribution in [3.8, 4) is 23.1 Å². The Labute approximate surface area is 173 Å². The Morgan fingerprint density at radius 2 is 1.67 bits per heavy atom. The quantitative estimate of drug-likeness (QED) is 0.527. The molecule has 0 fully saturated rings. The number of aromatic nitrogens is 3. The van der Waals surface area contributed by atoms with Crippen LogP contribution in [0, 0.1) is 0 Å². The zero-order valence-corrected chi connectivity index (χ0v) is 16.7. The van der Waals surface area contributed by atoms with Crippen LogP contribution in [0.2, 0.25) is 0 Å². The number of para-hydroxylation sites is 2. The van der Waals surface area contributed by atoms with Crippen molar-refractivity contribution < 1.29 is 19.0 Å². The lowest BCUT2D eigenvalue weighted by atomic mass is 10.1. The van der Waals surface area contributed by atoms with E-state index in [0.29, 0.717) is 34.3 Å². The predicted molar refractivity (Wildman–Crippen MR) is 113 cm³/mol. The fourth-order valence-electron chi connectivity index (χ4n) is 3.16. The average Bonchev–Trinajstić information content (AvgIpc) is 3.22. The molecule has 0 atom stereocenters. The van der Waals surface area contributed by atoms with Gasteiger partial charge in [0.2, 0.25) is 5.75 Å². The third kappa shape index (κ3) is 3.50. The lowest BCUT2D eigenvalue weighted by Crippen LogP contribution is -2.13. The lowest BCUT2D eigenvalue weighted by Gasteiger charge is -2.14. The molecule has 1 N–H and O–H groups in total. The zero-order valence-electron chi connectivity index (χ0n) is 16.7. The van der Waals surface area contributed by atoms with Crippen molar-refractivity contribution in [1.29, 1.82) is 0 Å². The Morgan fingerprint density at radius 1 is 0.933 bits per heavy atom. The largest absolute Gasteiger partial charge is 0.493 e. The molecule has 0 saturated heterocycles. The fraction of sp³-hybridized carbons (Fsp3) is 0.136. The molecule has 0 aliphatic rings. The molecule has 0 bridgehead atoms. The van der Waals surface area contributed by atoms with Crippen LogP contribution in [-0.2, 0) is 0 Å². The Morgan fingerprint density at radius 3 is 2.30 bits per heavy atom. The number of methoxy groups -OCH3 is 3. The van der Waals surface area contributed by atoms with Crippen molar-refractivity contribution in [3.63, 3.8) is 0 Å². The minimum atomic E-state index is -0.322. The molecule has 0 radical (unpaired) electrons. The number of hydrogen-bond acceptors (Lipinski definition) is 6. The van der Waals surface area contributed by atoms with Gasteiger partial charge in [-0.15, -0.1) is 0 Å². The summed E-state index contributed by atoms with van der Waals surface area (Å²) in [5.41, 5.74) is 2.77. The molecule has 0 saturated carbocycles. The summed E-state index contributed by atoms with van der Waals surface area (Å²) in [6, 6.07) is 14.6. The summed E-state index contributed by atoms with van der Waals surface area (Å²) in [4.78, 5) is 21.6. The number of rotatable bonds is 6. The Bertz CT molecular complexity index is 1180. The maximum atomic E-state index is 12.7. The lowest BCUT2D eigenvalue weighted by molar-refractivity contribution is 0.102. The molecule has 4 rings (SSSR count). The zero-order chi connectivity index (χ0) is 21.1. The van der Waals surface area contributed by atoms with E-state index < -0.39 is 0 Å². The van der Waals surface area contributed by atoms with Gasteiger partial charge in [0.05, 0.1) is 44.2 Å². The Balaban J connectivity index is 1.57. The van der Waals surface area contributed by atoms with Crippen LogP contribution in [0.3, 0.4) is 0 Å². The van der Waals surface area contributed by atoms with Crippen molar-refractivity contribution >= 4 is 22.6 Å². The number of fused-ring (bicyclic) bond motifs is 1. The molecule has 152 valence electrons. The Kier molecular flexibility index (Phi) is 5.21. The molecule has 2 heterocycles. The van der Waals surface area contributed by atoms with Crippen molar-refractivity contribution in [2.45, 2.75) is 0 Å². The summed E-state index contributed by atoms with van der Waals surface area (Å²) >= 11 is 0. The van der Waals surface area contributed by atoms with Crippen LogP contribution in [-0.4, -0.2) is 41.8 Å². The molecule has 1 amide bonds. The van der Waals surface area contributed by atoms with E-state index in [0.717, 1.165) is 11.0 Å². The number of benzene rings is 2. The highest BCUT2D eigenvalue weighted by molar-refractivity contribution is 6.05. The molecule has 2 aromatic heterocycles. The number of ether oxygens (including phenoxy) is 3. The van der Waals surface area contributed by atoms with Crippen LogP contribution in [0.25, 0.3) is 16.9 Å². The molecule has 0 unspecified atom stereocenters. The number of pyridine rings is 1. The highest BCUT2D eigenvalue weighted by atomic mass is 16.5. The molecule has 0 aliphatic heterocycles. The number of amides is 1. The topological polar surface area (TPSA) is 87.5 Å². The van der Waals surface area contributed by atoms with Crippen molar-refractivity contribution in [3.05, 3.63) is 66.6 Å². The third-order valence-corrected chi connectivity index (χ3v) is 4.63. The fourth-order valence-corrected chi connectivity index (χ4v) is 3.16. The van der Waals surface area contributed by atoms with E-state index in [-0.39, 0.29) is 5.91 Å². The first-order valence-electron chi connectivity index (χ1n) is 9.14. The average molecular weight is 404 g/mol. The maximum Gasteiger partial charge on any atom is 0.255 e. The predicted octanol–water partition coefficient (Wildman–Crippen LogP) is 3.70. The van der Waals surface area contributed by atoms with Crippen molar-refractivity contribution in [2.75, 3.05) is 26.6 Å². The molecular formula is C22H20N4O4. The van der Waals surface area contributed by atoms with E-state index in [1.165, 1.54) is 21.3 Å². The molecule has 0 spiro atoms. The minimum Gasteiger partial charge on any atom is -0.493 e. The van der Waals surface area contributed by atoms with Gasteiger partial charge in [-0.05, 0) is 36.4 Å². The summed E-state index contributed by atoms with van der Waals surface area (Å²) in [6.45, 7) is 0. The summed E-state index contributed by atoms with van der Waals surface area (Å²) in [7, 11) is 4.51. The normalized spacial score (nSPS) is 10.6. The second-order valence-corrected chi connectivity index (χ2v) is 6.38. The second-order valence-electron chi connectivity index (χ2n) is 6.38. The van der Waals surface area contributed by atoms with Crippen molar-refractivity contribution in [1.82, 2.24) is 14.5 Å². The van der Waals surface area contributed by atoms with Gasteiger partial charge in [0.25, 0.3) is 5.91 Å². The third-order valence-electron chi connectivity index (χ3n) is 4.63. The van der Waals surface area contributed by atoms with Crippen LogP contribution in [0.5, 0.6) is 17.2 Å². The molecule has 2 aromatic carbocycles. The first-order valence-corrected chi connectivity index (χ1v) is 9.14. The highest BCUT2D eigenvalue weighted by Gasteiger charge is 2.17. The summed E-state index contributed by atoms with van der Waals surface area (Å²) < 4.78 is 17.8. The smallest absolute Gasteiger partial charge is 0.255 e. The summed E-state index contributed by atoms with van der Waals surface area (Å²) in [5, 5.41) is 2.83. The van der Waals surface area contributed by atoms with Crippen LogP contribution in [0.4, 0.5) is 5.69 Å². The van der Waals surface area contributed by atoms with Gasteiger partial charge in [0.15, 0.2) is 11.5 Å².